The van der Waals surface area contributed by atoms with Crippen molar-refractivity contribution in [3.63, 3.8) is 0 Å². The van der Waals surface area contributed by atoms with Crippen LogP contribution in [-0.2, 0) is 12.1 Å². The number of aromatic nitrogens is 4. The molecule has 0 radical (unpaired) electrons. The number of nitrogens with one attached hydrogen (secondary N) is 4. The Morgan fingerprint density at radius 2 is 1.68 bits per heavy atom. The highest BCUT2D eigenvalue weighted by molar-refractivity contribution is 7.20. The molecular formula is C34H39N9O3S. The first-order valence-electron chi connectivity index (χ1n) is 15.6. The Balaban J connectivity index is 1.25. The van der Waals surface area contributed by atoms with Crippen LogP contribution in [0.15, 0.2) is 60.7 Å². The lowest BCUT2D eigenvalue weighted by molar-refractivity contribution is 0.0915. The minimum atomic E-state index is -0.590. The van der Waals surface area contributed by atoms with E-state index >= 15 is 0 Å². The molecule has 6 rings (SSSR count). The van der Waals surface area contributed by atoms with Crippen LogP contribution in [0.1, 0.15) is 62.5 Å². The fourth-order valence-electron chi connectivity index (χ4n) is 5.72. The molecule has 13 heteroatoms. The molecule has 0 spiro atoms. The number of anilines is 3. The van der Waals surface area contributed by atoms with E-state index in [-0.39, 0.29) is 17.4 Å². The van der Waals surface area contributed by atoms with Crippen LogP contribution in [0.2, 0.25) is 0 Å². The number of aryl methyl sites for hydroxylation is 2. The van der Waals surface area contributed by atoms with Crippen LogP contribution in [-0.4, -0.2) is 75.8 Å². The van der Waals surface area contributed by atoms with Gasteiger partial charge in [0.15, 0.2) is 0 Å². The largest absolute Gasteiger partial charge is 0.369 e. The molecular weight excluding hydrogens is 615 g/mol. The molecule has 1 aliphatic rings. The van der Waals surface area contributed by atoms with Crippen molar-refractivity contribution in [3.8, 4) is 0 Å². The Labute approximate surface area is 277 Å². The summed E-state index contributed by atoms with van der Waals surface area (Å²) in [6.07, 6.45) is 0. The number of likely N-dealkylation sites (N-methyl/N-ethyl adjacent to an activating group) is 1. The highest BCUT2D eigenvalue weighted by atomic mass is 32.1. The Kier molecular flexibility index (Phi) is 8.84. The predicted octanol–water partition coefficient (Wildman–Crippen LogP) is 5.07. The molecule has 1 aliphatic heterocycles. The Hall–Kier alpha value is -5.01. The number of nitrogens with zero attached hydrogens (tertiary/aromatic N) is 5. The van der Waals surface area contributed by atoms with Crippen molar-refractivity contribution in [2.75, 3.05) is 48.8 Å². The number of hydrogen-bond donors (Lipinski definition) is 4. The summed E-state index contributed by atoms with van der Waals surface area (Å²) in [5.41, 5.74) is 3.13. The van der Waals surface area contributed by atoms with Crippen LogP contribution in [0.5, 0.6) is 0 Å². The summed E-state index contributed by atoms with van der Waals surface area (Å²) in [4.78, 5) is 46.1. The lowest BCUT2D eigenvalue weighted by Gasteiger charge is -2.34. The van der Waals surface area contributed by atoms with E-state index in [9.17, 15) is 14.4 Å². The van der Waals surface area contributed by atoms with Gasteiger partial charge in [-0.25, -0.2) is 0 Å². The van der Waals surface area contributed by atoms with Crippen LogP contribution < -0.4 is 20.9 Å². The minimum Gasteiger partial charge on any atom is -0.369 e. The summed E-state index contributed by atoms with van der Waals surface area (Å²) < 4.78 is 1.64. The van der Waals surface area contributed by atoms with Crippen molar-refractivity contribution >= 4 is 56.5 Å². The SMILES string of the molecule is CCn1nc(C)cc1C(=O)Nc1cc(N2CCN(C)CC2)ccc1C(=O)Nc1[nH]nc2sc(C(=O)NC(C)(C)c3ccccc3)cc12. The zero-order chi connectivity index (χ0) is 33.3. The van der Waals surface area contributed by atoms with E-state index in [0.717, 1.165) is 43.1 Å². The van der Waals surface area contributed by atoms with Gasteiger partial charge in [0.25, 0.3) is 17.7 Å². The molecule has 244 valence electrons. The number of hydrogen-bond acceptors (Lipinski definition) is 8. The fourth-order valence-corrected chi connectivity index (χ4v) is 6.61. The van der Waals surface area contributed by atoms with Gasteiger partial charge in [-0.1, -0.05) is 30.3 Å². The zero-order valence-electron chi connectivity index (χ0n) is 27.2. The van der Waals surface area contributed by atoms with Gasteiger partial charge >= 0.3 is 0 Å². The molecule has 0 atom stereocenters. The average molecular weight is 654 g/mol. The van der Waals surface area contributed by atoms with E-state index in [2.05, 4.69) is 48.1 Å². The highest BCUT2D eigenvalue weighted by Crippen LogP contribution is 2.32. The van der Waals surface area contributed by atoms with Crippen LogP contribution in [0.25, 0.3) is 10.2 Å². The molecule has 12 nitrogen and oxygen atoms in total. The van der Waals surface area contributed by atoms with Gasteiger partial charge in [-0.05, 0) is 70.6 Å². The molecule has 1 fully saturated rings. The molecule has 1 saturated heterocycles. The number of amides is 3. The molecule has 0 unspecified atom stereocenters. The molecule has 47 heavy (non-hydrogen) atoms. The lowest BCUT2D eigenvalue weighted by Crippen LogP contribution is -2.44. The summed E-state index contributed by atoms with van der Waals surface area (Å²) >= 11 is 1.24. The van der Waals surface area contributed by atoms with E-state index in [0.29, 0.717) is 38.8 Å². The van der Waals surface area contributed by atoms with Crippen LogP contribution in [0.3, 0.4) is 0 Å². The van der Waals surface area contributed by atoms with Gasteiger partial charge in [0, 0.05) is 38.4 Å². The van der Waals surface area contributed by atoms with E-state index < -0.39 is 11.4 Å². The Bertz CT molecular complexity index is 1930. The average Bonchev–Trinajstić information content (AvgIpc) is 3.76. The minimum absolute atomic E-state index is 0.231. The second-order valence-electron chi connectivity index (χ2n) is 12.3. The van der Waals surface area contributed by atoms with Crippen LogP contribution in [0.4, 0.5) is 17.2 Å². The molecule has 3 amide bonds. The monoisotopic (exact) mass is 653 g/mol. The summed E-state index contributed by atoms with van der Waals surface area (Å²) in [6, 6.07) is 18.7. The maximum atomic E-state index is 13.8. The van der Waals surface area contributed by atoms with Crippen molar-refractivity contribution in [2.24, 2.45) is 0 Å². The number of benzene rings is 2. The molecule has 4 heterocycles. The first kappa shape index (κ1) is 32.0. The second-order valence-corrected chi connectivity index (χ2v) is 13.3. The van der Waals surface area contributed by atoms with E-state index in [4.69, 9.17) is 0 Å². The van der Waals surface area contributed by atoms with Gasteiger partial charge in [-0.3, -0.25) is 24.2 Å². The van der Waals surface area contributed by atoms with E-state index in [1.807, 2.05) is 70.2 Å². The van der Waals surface area contributed by atoms with Crippen molar-refractivity contribution in [1.29, 1.82) is 0 Å². The van der Waals surface area contributed by atoms with Gasteiger partial charge in [0.2, 0.25) is 0 Å². The summed E-state index contributed by atoms with van der Waals surface area (Å²) in [6.45, 7) is 11.7. The zero-order valence-corrected chi connectivity index (χ0v) is 28.0. The second kappa shape index (κ2) is 13.0. The number of thiophene rings is 1. The number of carbonyl (C=O) groups excluding carboxylic acids is 3. The smallest absolute Gasteiger partial charge is 0.273 e. The van der Waals surface area contributed by atoms with Crippen molar-refractivity contribution < 1.29 is 14.4 Å². The third-order valence-corrected chi connectivity index (χ3v) is 9.46. The quantitative estimate of drug-likeness (QED) is 0.174. The number of fused-ring (bicyclic) bond motifs is 1. The molecule has 0 saturated carbocycles. The molecule has 4 N–H and O–H groups in total. The van der Waals surface area contributed by atoms with Crippen LogP contribution >= 0.6 is 11.3 Å². The van der Waals surface area contributed by atoms with Gasteiger partial charge in [0.1, 0.15) is 16.3 Å². The van der Waals surface area contributed by atoms with E-state index in [1.165, 1.54) is 11.3 Å². The molecule has 0 aliphatic carbocycles. The Morgan fingerprint density at radius 1 is 0.936 bits per heavy atom. The number of H-pyrrole nitrogens is 1. The summed E-state index contributed by atoms with van der Waals surface area (Å²) in [5, 5.41) is 21.3. The van der Waals surface area contributed by atoms with Gasteiger partial charge in [0.05, 0.1) is 32.7 Å². The van der Waals surface area contributed by atoms with Crippen molar-refractivity contribution in [2.45, 2.75) is 39.8 Å². The summed E-state index contributed by atoms with van der Waals surface area (Å²) in [5.74, 6) is -0.654. The fraction of sp³-hybridized carbons (Fsp3) is 0.324. The number of piperazine rings is 1. The van der Waals surface area contributed by atoms with Gasteiger partial charge in [-0.2, -0.15) is 10.2 Å². The molecule has 2 aromatic carbocycles. The number of aromatic amines is 1. The first-order valence-corrected chi connectivity index (χ1v) is 16.4. The first-order chi connectivity index (χ1) is 22.5. The maximum Gasteiger partial charge on any atom is 0.273 e. The van der Waals surface area contributed by atoms with E-state index in [1.54, 1.807) is 22.9 Å². The number of carbonyl (C=O) groups is 3. The normalized spacial score (nSPS) is 13.9. The van der Waals surface area contributed by atoms with Crippen LogP contribution in [0, 0.1) is 6.92 Å². The highest BCUT2D eigenvalue weighted by Gasteiger charge is 2.26. The third-order valence-electron chi connectivity index (χ3n) is 8.43. The lowest BCUT2D eigenvalue weighted by atomic mass is 9.94. The predicted molar refractivity (Wildman–Crippen MR) is 186 cm³/mol. The van der Waals surface area contributed by atoms with Gasteiger partial charge < -0.3 is 25.8 Å². The van der Waals surface area contributed by atoms with Crippen molar-refractivity contribution in [1.82, 2.24) is 30.2 Å². The molecule has 5 aromatic rings. The topological polar surface area (TPSA) is 140 Å². The standard InChI is InChI=1S/C34H39N9O3S/c1-6-43-27(18-21(2)40-43)31(45)35-26-19-23(42-16-14-41(5)15-17-42)12-13-24(26)30(44)36-29-25-20-28(47-33(25)39-38-29)32(46)37-34(3,4)22-10-8-7-9-11-22/h7-13,18-20H,6,14-17H2,1-5H3,(H,35,45)(H,37,46)(H2,36,38,39,44). The summed E-state index contributed by atoms with van der Waals surface area (Å²) in [7, 11) is 2.09. The molecule has 3 aromatic heterocycles. The van der Waals surface area contributed by atoms with Crippen molar-refractivity contribution in [3.05, 3.63) is 88.1 Å². The third kappa shape index (κ3) is 6.76. The number of rotatable bonds is 9. The Morgan fingerprint density at radius 3 is 2.40 bits per heavy atom. The maximum absolute atomic E-state index is 13.8. The molecule has 0 bridgehead atoms. The van der Waals surface area contributed by atoms with Gasteiger partial charge in [-0.15, -0.1) is 11.3 Å².